The number of carbonyl (C=O) groups is 1. The highest BCUT2D eigenvalue weighted by Crippen LogP contribution is 2.31. The van der Waals surface area contributed by atoms with Gasteiger partial charge in [-0.25, -0.2) is 8.42 Å². The van der Waals surface area contributed by atoms with Crippen molar-refractivity contribution in [1.82, 2.24) is 4.31 Å². The Kier molecular flexibility index (Phi) is 7.70. The summed E-state index contributed by atoms with van der Waals surface area (Å²) in [5.74, 6) is 1.36. The predicted octanol–water partition coefficient (Wildman–Crippen LogP) is 4.46. The van der Waals surface area contributed by atoms with Crippen LogP contribution in [-0.2, 0) is 14.8 Å². The van der Waals surface area contributed by atoms with Crippen LogP contribution in [-0.4, -0.2) is 51.5 Å². The third kappa shape index (κ3) is 5.82. The van der Waals surface area contributed by atoms with E-state index in [9.17, 15) is 13.2 Å². The third-order valence-electron chi connectivity index (χ3n) is 5.56. The van der Waals surface area contributed by atoms with Crippen LogP contribution in [0.4, 0.5) is 5.69 Å². The SMILES string of the molecule is CCOc1ccc(Oc2ccccc2NC(=O)c2cc(S(=O)(=O)N3CCOCC3)ccc2C)cc1. The van der Waals surface area contributed by atoms with E-state index in [1.165, 1.54) is 16.4 Å². The third-order valence-corrected chi connectivity index (χ3v) is 7.45. The van der Waals surface area contributed by atoms with E-state index in [0.29, 0.717) is 42.6 Å². The van der Waals surface area contributed by atoms with Crippen LogP contribution in [0.2, 0.25) is 0 Å². The molecule has 1 heterocycles. The molecule has 1 aliphatic heterocycles. The average molecular weight is 497 g/mol. The summed E-state index contributed by atoms with van der Waals surface area (Å²) in [4.78, 5) is 13.3. The lowest BCUT2D eigenvalue weighted by molar-refractivity contribution is 0.0730. The topological polar surface area (TPSA) is 94.2 Å². The number of rotatable bonds is 8. The summed E-state index contributed by atoms with van der Waals surface area (Å²) in [7, 11) is -3.73. The molecule has 0 bridgehead atoms. The number of nitrogens with one attached hydrogen (secondary N) is 1. The van der Waals surface area contributed by atoms with E-state index >= 15 is 0 Å². The lowest BCUT2D eigenvalue weighted by Gasteiger charge is -2.26. The van der Waals surface area contributed by atoms with Crippen LogP contribution in [0.5, 0.6) is 17.2 Å². The van der Waals surface area contributed by atoms with Gasteiger partial charge in [-0.15, -0.1) is 0 Å². The number of carbonyl (C=O) groups excluding carboxylic acids is 1. The van der Waals surface area contributed by atoms with Crippen molar-refractivity contribution >= 4 is 21.6 Å². The van der Waals surface area contributed by atoms with Gasteiger partial charge in [0.1, 0.15) is 11.5 Å². The van der Waals surface area contributed by atoms with E-state index in [0.717, 1.165) is 5.75 Å². The zero-order valence-corrected chi connectivity index (χ0v) is 20.5. The van der Waals surface area contributed by atoms with Gasteiger partial charge >= 0.3 is 0 Å². The zero-order chi connectivity index (χ0) is 24.8. The van der Waals surface area contributed by atoms with Gasteiger partial charge in [0.05, 0.1) is 30.4 Å². The highest BCUT2D eigenvalue weighted by molar-refractivity contribution is 7.89. The molecule has 9 heteroatoms. The lowest BCUT2D eigenvalue weighted by atomic mass is 10.1. The van der Waals surface area contributed by atoms with Crippen molar-refractivity contribution in [1.29, 1.82) is 0 Å². The molecule has 0 unspecified atom stereocenters. The number of anilines is 1. The summed E-state index contributed by atoms with van der Waals surface area (Å²) in [6.45, 7) is 5.53. The monoisotopic (exact) mass is 496 g/mol. The molecule has 3 aromatic carbocycles. The molecule has 35 heavy (non-hydrogen) atoms. The highest BCUT2D eigenvalue weighted by Gasteiger charge is 2.27. The van der Waals surface area contributed by atoms with Gasteiger partial charge in [-0.05, 0) is 67.9 Å². The summed E-state index contributed by atoms with van der Waals surface area (Å²) < 4.78 is 44.2. The first-order chi connectivity index (χ1) is 16.9. The zero-order valence-electron chi connectivity index (χ0n) is 19.7. The van der Waals surface area contributed by atoms with Gasteiger partial charge in [0.25, 0.3) is 5.91 Å². The summed E-state index contributed by atoms with van der Waals surface area (Å²) >= 11 is 0. The van der Waals surface area contributed by atoms with Crippen molar-refractivity contribution in [3.8, 4) is 17.2 Å². The van der Waals surface area contributed by atoms with Crippen molar-refractivity contribution < 1.29 is 27.4 Å². The summed E-state index contributed by atoms with van der Waals surface area (Å²) in [6.07, 6.45) is 0. The molecule has 1 saturated heterocycles. The van der Waals surface area contributed by atoms with Crippen molar-refractivity contribution in [2.45, 2.75) is 18.7 Å². The molecule has 0 aliphatic carbocycles. The maximum atomic E-state index is 13.2. The maximum absolute atomic E-state index is 13.2. The average Bonchev–Trinajstić information content (AvgIpc) is 2.87. The molecule has 8 nitrogen and oxygen atoms in total. The van der Waals surface area contributed by atoms with E-state index in [1.54, 1.807) is 49.4 Å². The van der Waals surface area contributed by atoms with Crippen LogP contribution < -0.4 is 14.8 Å². The first-order valence-corrected chi connectivity index (χ1v) is 12.8. The number of morpholine rings is 1. The summed E-state index contributed by atoms with van der Waals surface area (Å²) in [5, 5.41) is 2.86. The van der Waals surface area contributed by atoms with Crippen LogP contribution in [0.25, 0.3) is 0 Å². The Balaban J connectivity index is 1.55. The van der Waals surface area contributed by atoms with E-state index in [4.69, 9.17) is 14.2 Å². The number of benzene rings is 3. The van der Waals surface area contributed by atoms with Gasteiger partial charge in [0.2, 0.25) is 10.0 Å². The molecule has 0 atom stereocenters. The van der Waals surface area contributed by atoms with Crippen molar-refractivity contribution in [3.05, 3.63) is 77.9 Å². The number of sulfonamides is 1. The number of aryl methyl sites for hydroxylation is 1. The number of para-hydroxylation sites is 2. The smallest absolute Gasteiger partial charge is 0.256 e. The molecule has 184 valence electrons. The van der Waals surface area contributed by atoms with E-state index in [2.05, 4.69) is 5.32 Å². The number of hydrogen-bond donors (Lipinski definition) is 1. The minimum absolute atomic E-state index is 0.0778. The minimum atomic E-state index is -3.73. The van der Waals surface area contributed by atoms with E-state index in [1.807, 2.05) is 19.1 Å². The van der Waals surface area contributed by atoms with Gasteiger partial charge in [0.15, 0.2) is 5.75 Å². The Labute approximate surface area is 205 Å². The van der Waals surface area contributed by atoms with Crippen LogP contribution in [0.15, 0.2) is 71.6 Å². The molecular formula is C26H28N2O6S. The van der Waals surface area contributed by atoms with Gasteiger partial charge in [-0.1, -0.05) is 18.2 Å². The second kappa shape index (κ2) is 10.9. The lowest BCUT2D eigenvalue weighted by Crippen LogP contribution is -2.40. The molecule has 1 fully saturated rings. The first-order valence-electron chi connectivity index (χ1n) is 11.4. The standard InChI is InChI=1S/C26H28N2O6S/c1-3-33-20-9-11-21(12-10-20)34-25-7-5-4-6-24(25)27-26(29)23-18-22(13-8-19(23)2)35(30,31)28-14-16-32-17-15-28/h4-13,18H,3,14-17H2,1-2H3,(H,27,29). The Hall–Kier alpha value is -3.40. The number of hydrogen-bond acceptors (Lipinski definition) is 6. The molecule has 1 aliphatic rings. The predicted molar refractivity (Wildman–Crippen MR) is 133 cm³/mol. The highest BCUT2D eigenvalue weighted by atomic mass is 32.2. The molecule has 0 saturated carbocycles. The van der Waals surface area contributed by atoms with Gasteiger partial charge in [-0.2, -0.15) is 4.31 Å². The normalized spacial score (nSPS) is 14.3. The van der Waals surface area contributed by atoms with Gasteiger partial charge in [0, 0.05) is 18.7 Å². The quantitative estimate of drug-likeness (QED) is 0.495. The van der Waals surface area contributed by atoms with Crippen molar-refractivity contribution in [3.63, 3.8) is 0 Å². The Morgan fingerprint density at radius 1 is 1.00 bits per heavy atom. The second-order valence-corrected chi connectivity index (χ2v) is 9.89. The van der Waals surface area contributed by atoms with E-state index < -0.39 is 15.9 Å². The Morgan fingerprint density at radius 3 is 2.40 bits per heavy atom. The molecule has 1 amide bonds. The van der Waals surface area contributed by atoms with Crippen molar-refractivity contribution in [2.24, 2.45) is 0 Å². The molecule has 1 N–H and O–H groups in total. The number of ether oxygens (including phenoxy) is 3. The number of amides is 1. The molecular weight excluding hydrogens is 468 g/mol. The Morgan fingerprint density at radius 2 is 1.69 bits per heavy atom. The Bertz CT molecular complexity index is 1290. The van der Waals surface area contributed by atoms with Crippen molar-refractivity contribution in [2.75, 3.05) is 38.2 Å². The van der Waals surface area contributed by atoms with Crippen LogP contribution in [0.3, 0.4) is 0 Å². The number of nitrogens with zero attached hydrogens (tertiary/aromatic N) is 1. The molecule has 0 spiro atoms. The fraction of sp³-hybridized carbons (Fsp3) is 0.269. The van der Waals surface area contributed by atoms with Gasteiger partial charge < -0.3 is 19.5 Å². The maximum Gasteiger partial charge on any atom is 0.256 e. The second-order valence-electron chi connectivity index (χ2n) is 7.95. The van der Waals surface area contributed by atoms with Gasteiger partial charge in [-0.3, -0.25) is 4.79 Å². The summed E-state index contributed by atoms with van der Waals surface area (Å²) in [6, 6.07) is 18.8. The first kappa shape index (κ1) is 24.7. The van der Waals surface area contributed by atoms with Crippen LogP contribution in [0.1, 0.15) is 22.8 Å². The molecule has 4 rings (SSSR count). The van der Waals surface area contributed by atoms with Crippen LogP contribution in [0, 0.1) is 6.92 Å². The van der Waals surface area contributed by atoms with Crippen LogP contribution >= 0.6 is 0 Å². The molecule has 0 radical (unpaired) electrons. The van der Waals surface area contributed by atoms with E-state index in [-0.39, 0.29) is 23.5 Å². The minimum Gasteiger partial charge on any atom is -0.494 e. The fourth-order valence-electron chi connectivity index (χ4n) is 3.69. The summed E-state index contributed by atoms with van der Waals surface area (Å²) in [5.41, 5.74) is 1.40. The fourth-order valence-corrected chi connectivity index (χ4v) is 5.12. The molecule has 0 aromatic heterocycles. The molecule has 3 aromatic rings. The largest absolute Gasteiger partial charge is 0.494 e.